The number of aliphatic hydroxyl groups is 1. The summed E-state index contributed by atoms with van der Waals surface area (Å²) in [4.78, 5) is 0. The van der Waals surface area contributed by atoms with Crippen LogP contribution in [0.3, 0.4) is 0 Å². The van der Waals surface area contributed by atoms with Crippen molar-refractivity contribution in [3.8, 4) is 0 Å². The molecule has 0 bridgehead atoms. The molecule has 108 valence electrons. The molecule has 1 saturated heterocycles. The van der Waals surface area contributed by atoms with Crippen molar-refractivity contribution in [2.45, 2.75) is 76.9 Å². The first-order chi connectivity index (χ1) is 8.93. The van der Waals surface area contributed by atoms with E-state index in [1.807, 2.05) is 0 Å². The Morgan fingerprint density at radius 1 is 0.889 bits per heavy atom. The van der Waals surface area contributed by atoms with E-state index in [0.717, 1.165) is 32.5 Å². The van der Waals surface area contributed by atoms with Gasteiger partial charge in [0.15, 0.2) is 6.29 Å². The zero-order valence-electron chi connectivity index (χ0n) is 11.7. The fraction of sp³-hybridized carbons (Fsp3) is 1.00. The summed E-state index contributed by atoms with van der Waals surface area (Å²) >= 11 is 0. The fourth-order valence-corrected chi connectivity index (χ4v) is 2.33. The molecule has 0 aromatic heterocycles. The second-order valence-electron chi connectivity index (χ2n) is 5.22. The minimum atomic E-state index is 0.0808. The van der Waals surface area contributed by atoms with Gasteiger partial charge in [-0.15, -0.1) is 0 Å². The minimum absolute atomic E-state index is 0.0808. The Kier molecular flexibility index (Phi) is 10.6. The van der Waals surface area contributed by atoms with E-state index in [4.69, 9.17) is 14.6 Å². The summed E-state index contributed by atoms with van der Waals surface area (Å²) in [5.41, 5.74) is 0. The lowest BCUT2D eigenvalue weighted by atomic mass is 10.1. The van der Waals surface area contributed by atoms with Crippen molar-refractivity contribution in [3.63, 3.8) is 0 Å². The first-order valence-corrected chi connectivity index (χ1v) is 7.77. The number of hydrogen-bond acceptors (Lipinski definition) is 3. The number of rotatable bonds is 11. The van der Waals surface area contributed by atoms with Crippen molar-refractivity contribution in [2.75, 3.05) is 19.8 Å². The van der Waals surface area contributed by atoms with Crippen molar-refractivity contribution in [1.82, 2.24) is 0 Å². The summed E-state index contributed by atoms with van der Waals surface area (Å²) in [5.74, 6) is 0. The third-order valence-corrected chi connectivity index (χ3v) is 3.49. The normalized spacial score (nSPS) is 20.2. The molecule has 1 unspecified atom stereocenters. The van der Waals surface area contributed by atoms with E-state index in [9.17, 15) is 0 Å². The van der Waals surface area contributed by atoms with Crippen LogP contribution < -0.4 is 0 Å². The molecule has 1 atom stereocenters. The highest BCUT2D eigenvalue weighted by Crippen LogP contribution is 2.14. The Hall–Kier alpha value is -0.120. The second kappa shape index (κ2) is 11.9. The molecule has 3 heteroatoms. The molecule has 0 radical (unpaired) electrons. The molecule has 0 saturated carbocycles. The van der Waals surface area contributed by atoms with Gasteiger partial charge in [0.2, 0.25) is 0 Å². The van der Waals surface area contributed by atoms with Crippen molar-refractivity contribution in [1.29, 1.82) is 0 Å². The first kappa shape index (κ1) is 15.9. The monoisotopic (exact) mass is 258 g/mol. The zero-order chi connectivity index (χ0) is 12.9. The smallest absolute Gasteiger partial charge is 0.157 e. The third kappa shape index (κ3) is 8.90. The highest BCUT2D eigenvalue weighted by atomic mass is 16.7. The van der Waals surface area contributed by atoms with Crippen LogP contribution in [0.2, 0.25) is 0 Å². The summed E-state index contributed by atoms with van der Waals surface area (Å²) in [5, 5.41) is 8.65. The van der Waals surface area contributed by atoms with E-state index in [0.29, 0.717) is 6.61 Å². The van der Waals surface area contributed by atoms with E-state index in [1.165, 1.54) is 51.4 Å². The van der Waals surface area contributed by atoms with E-state index in [-0.39, 0.29) is 6.29 Å². The molecule has 0 aromatic carbocycles. The lowest BCUT2D eigenvalue weighted by molar-refractivity contribution is -0.162. The van der Waals surface area contributed by atoms with Gasteiger partial charge in [0.05, 0.1) is 0 Å². The van der Waals surface area contributed by atoms with E-state index < -0.39 is 0 Å². The molecule has 0 aliphatic carbocycles. The topological polar surface area (TPSA) is 38.7 Å². The summed E-state index contributed by atoms with van der Waals surface area (Å²) in [6.07, 6.45) is 13.4. The standard InChI is InChI=1S/C15H30O3/c16-12-8-5-3-1-2-4-6-9-13-17-15-11-7-10-14-18-15/h15-16H,1-14H2. The SMILES string of the molecule is OCCCCCCCCCCOC1CCCCO1. The predicted molar refractivity (Wildman–Crippen MR) is 73.6 cm³/mol. The molecule has 1 aliphatic heterocycles. The molecule has 3 nitrogen and oxygen atoms in total. The average Bonchev–Trinajstić information content (AvgIpc) is 2.42. The van der Waals surface area contributed by atoms with Crippen molar-refractivity contribution in [3.05, 3.63) is 0 Å². The van der Waals surface area contributed by atoms with Gasteiger partial charge in [0.25, 0.3) is 0 Å². The molecule has 0 spiro atoms. The molecule has 1 aliphatic rings. The van der Waals surface area contributed by atoms with E-state index in [2.05, 4.69) is 0 Å². The zero-order valence-corrected chi connectivity index (χ0v) is 11.7. The molecule has 0 amide bonds. The van der Waals surface area contributed by atoms with Crippen LogP contribution in [-0.4, -0.2) is 31.2 Å². The highest BCUT2D eigenvalue weighted by Gasteiger charge is 2.13. The number of aliphatic hydroxyl groups excluding tert-OH is 1. The van der Waals surface area contributed by atoms with Gasteiger partial charge < -0.3 is 14.6 Å². The summed E-state index contributed by atoms with van der Waals surface area (Å²) < 4.78 is 11.2. The predicted octanol–water partition coefficient (Wildman–Crippen LogP) is 3.64. The van der Waals surface area contributed by atoms with Gasteiger partial charge in [-0.3, -0.25) is 0 Å². The van der Waals surface area contributed by atoms with Crippen molar-refractivity contribution in [2.24, 2.45) is 0 Å². The molecule has 1 heterocycles. The molecule has 1 fully saturated rings. The maximum Gasteiger partial charge on any atom is 0.157 e. The van der Waals surface area contributed by atoms with Gasteiger partial charge in [-0.1, -0.05) is 38.5 Å². The van der Waals surface area contributed by atoms with Crippen LogP contribution in [0, 0.1) is 0 Å². The number of unbranched alkanes of at least 4 members (excludes halogenated alkanes) is 7. The van der Waals surface area contributed by atoms with Gasteiger partial charge in [-0.25, -0.2) is 0 Å². The van der Waals surface area contributed by atoms with Gasteiger partial charge in [0, 0.05) is 19.8 Å². The Balaban J connectivity index is 1.73. The summed E-state index contributed by atoms with van der Waals surface area (Å²) in [7, 11) is 0. The number of ether oxygens (including phenoxy) is 2. The third-order valence-electron chi connectivity index (χ3n) is 3.49. The molecule has 1 N–H and O–H groups in total. The maximum atomic E-state index is 8.65. The van der Waals surface area contributed by atoms with Crippen LogP contribution in [0.25, 0.3) is 0 Å². The Morgan fingerprint density at radius 3 is 2.17 bits per heavy atom. The van der Waals surface area contributed by atoms with Crippen LogP contribution in [0.15, 0.2) is 0 Å². The molecule has 18 heavy (non-hydrogen) atoms. The van der Waals surface area contributed by atoms with Crippen molar-refractivity contribution < 1.29 is 14.6 Å². The summed E-state index contributed by atoms with van der Waals surface area (Å²) in [6.45, 7) is 2.08. The van der Waals surface area contributed by atoms with Gasteiger partial charge >= 0.3 is 0 Å². The fourth-order valence-electron chi connectivity index (χ4n) is 2.33. The molecular weight excluding hydrogens is 228 g/mol. The lowest BCUT2D eigenvalue weighted by Gasteiger charge is -2.22. The van der Waals surface area contributed by atoms with Crippen LogP contribution >= 0.6 is 0 Å². The lowest BCUT2D eigenvalue weighted by Crippen LogP contribution is -2.22. The van der Waals surface area contributed by atoms with Gasteiger partial charge in [-0.05, 0) is 32.1 Å². The second-order valence-corrected chi connectivity index (χ2v) is 5.22. The van der Waals surface area contributed by atoms with Crippen LogP contribution in [-0.2, 0) is 9.47 Å². The molecular formula is C15H30O3. The summed E-state index contributed by atoms with van der Waals surface area (Å²) in [6, 6.07) is 0. The maximum absolute atomic E-state index is 8.65. The van der Waals surface area contributed by atoms with Gasteiger partial charge in [-0.2, -0.15) is 0 Å². The van der Waals surface area contributed by atoms with Gasteiger partial charge in [0.1, 0.15) is 0 Å². The largest absolute Gasteiger partial charge is 0.396 e. The Bertz CT molecular complexity index is 167. The highest BCUT2D eigenvalue weighted by molar-refractivity contribution is 4.54. The van der Waals surface area contributed by atoms with E-state index in [1.54, 1.807) is 0 Å². The Labute approximate surface area is 112 Å². The van der Waals surface area contributed by atoms with Crippen molar-refractivity contribution >= 4 is 0 Å². The average molecular weight is 258 g/mol. The van der Waals surface area contributed by atoms with Crippen LogP contribution in [0.4, 0.5) is 0 Å². The van der Waals surface area contributed by atoms with Crippen LogP contribution in [0.1, 0.15) is 70.6 Å². The first-order valence-electron chi connectivity index (χ1n) is 7.77. The Morgan fingerprint density at radius 2 is 1.56 bits per heavy atom. The van der Waals surface area contributed by atoms with Crippen LogP contribution in [0.5, 0.6) is 0 Å². The quantitative estimate of drug-likeness (QED) is 0.575. The molecule has 1 rings (SSSR count). The van der Waals surface area contributed by atoms with E-state index >= 15 is 0 Å². The number of hydrogen-bond donors (Lipinski definition) is 1. The minimum Gasteiger partial charge on any atom is -0.396 e. The molecule has 0 aromatic rings.